The van der Waals surface area contributed by atoms with Crippen LogP contribution in [0.15, 0.2) is 37.9 Å². The van der Waals surface area contributed by atoms with Gasteiger partial charge in [-0.15, -0.1) is 34.0 Å². The van der Waals surface area contributed by atoms with Gasteiger partial charge in [-0.25, -0.2) is 0 Å². The smallest absolute Gasteiger partial charge is 0.114 e. The molecular formula is C56H82Br2N2S4. The average Bonchev–Trinajstić information content (AvgIpc) is 4.12. The van der Waals surface area contributed by atoms with Gasteiger partial charge in [0.05, 0.1) is 19.3 Å². The van der Waals surface area contributed by atoms with Crippen LogP contribution in [0.25, 0.3) is 44.1 Å². The molecular weight excluding hydrogens is 989 g/mol. The number of aryl methyl sites for hydroxylation is 3. The van der Waals surface area contributed by atoms with E-state index in [0.29, 0.717) is 0 Å². The van der Waals surface area contributed by atoms with Crippen molar-refractivity contribution in [2.45, 2.75) is 233 Å². The Kier molecular flexibility index (Phi) is 27.4. The second-order valence-electron chi connectivity index (χ2n) is 18.6. The molecule has 0 spiro atoms. The fraction of sp³-hybridized carbons (Fsp3) is 0.643. The zero-order valence-electron chi connectivity index (χ0n) is 40.2. The predicted molar refractivity (Wildman–Crippen MR) is 299 cm³/mol. The summed E-state index contributed by atoms with van der Waals surface area (Å²) in [6.45, 7) is 6.91. The lowest BCUT2D eigenvalue weighted by Crippen LogP contribution is -1.89. The summed E-state index contributed by atoms with van der Waals surface area (Å²) in [6.07, 6.45) is 49.4. The highest BCUT2D eigenvalue weighted by molar-refractivity contribution is 9.11. The summed E-state index contributed by atoms with van der Waals surface area (Å²) in [6, 6.07) is 12.0. The molecule has 0 aliphatic rings. The molecule has 0 saturated heterocycles. The van der Waals surface area contributed by atoms with Gasteiger partial charge in [0.15, 0.2) is 0 Å². The van der Waals surface area contributed by atoms with Crippen molar-refractivity contribution >= 4 is 101 Å². The van der Waals surface area contributed by atoms with Crippen molar-refractivity contribution in [3.8, 4) is 20.9 Å². The standard InChI is InChI=1S/C56H82Br2N2S4/c1-4-7-10-13-16-19-22-25-28-31-34-45-42-50(62-55(45)57)49-41-44(37-38-48-40-39-47(61-48)36-33-30-27-24-21-18-15-12-9-6-3)52(54-53(49)59-64-60-54)51-43-46(56(58)63-51)35-32-29-26-23-20-17-14-11-8-5-2/h37-43H,4-36H2,1-3H3/b38-37+. The molecule has 0 fully saturated rings. The lowest BCUT2D eigenvalue weighted by Gasteiger charge is -2.09. The predicted octanol–water partition coefficient (Wildman–Crippen LogP) is 22.3. The highest BCUT2D eigenvalue weighted by Gasteiger charge is 2.22. The summed E-state index contributed by atoms with van der Waals surface area (Å²) < 4.78 is 12.6. The van der Waals surface area contributed by atoms with Crippen molar-refractivity contribution in [2.24, 2.45) is 0 Å². The number of hydrogen-bond acceptors (Lipinski definition) is 6. The number of rotatable bonds is 37. The van der Waals surface area contributed by atoms with E-state index in [2.05, 4.69) is 95.1 Å². The molecule has 0 amide bonds. The van der Waals surface area contributed by atoms with Crippen LogP contribution in [-0.2, 0) is 19.3 Å². The van der Waals surface area contributed by atoms with E-state index in [1.807, 2.05) is 34.0 Å². The van der Waals surface area contributed by atoms with E-state index in [-0.39, 0.29) is 0 Å². The third-order valence-electron chi connectivity index (χ3n) is 13.1. The zero-order valence-corrected chi connectivity index (χ0v) is 46.6. The molecule has 5 rings (SSSR count). The van der Waals surface area contributed by atoms with E-state index in [0.717, 1.165) is 23.9 Å². The molecule has 0 radical (unpaired) electrons. The van der Waals surface area contributed by atoms with E-state index < -0.39 is 0 Å². The van der Waals surface area contributed by atoms with Gasteiger partial charge in [0.2, 0.25) is 0 Å². The normalized spacial score (nSPS) is 12.0. The van der Waals surface area contributed by atoms with Crippen molar-refractivity contribution in [2.75, 3.05) is 0 Å². The Balaban J connectivity index is 1.27. The van der Waals surface area contributed by atoms with Crippen molar-refractivity contribution < 1.29 is 0 Å². The summed E-state index contributed by atoms with van der Waals surface area (Å²) in [7, 11) is 0. The number of halogens is 2. The number of benzene rings is 1. The first-order valence-corrected chi connectivity index (χ1v) is 30.9. The third-order valence-corrected chi connectivity index (χ3v) is 18.7. The van der Waals surface area contributed by atoms with Crippen LogP contribution in [0.2, 0.25) is 0 Å². The molecule has 0 atom stereocenters. The fourth-order valence-corrected chi connectivity index (χ4v) is 14.3. The Labute approximate surface area is 423 Å². The summed E-state index contributed by atoms with van der Waals surface area (Å²) in [5, 5.41) is 0. The first kappa shape index (κ1) is 53.8. The molecule has 0 N–H and O–H groups in total. The van der Waals surface area contributed by atoms with Gasteiger partial charge >= 0.3 is 0 Å². The number of fused-ring (bicyclic) bond motifs is 1. The second kappa shape index (κ2) is 32.6. The molecule has 5 aromatic rings. The molecule has 0 aliphatic heterocycles. The minimum Gasteiger partial charge on any atom is -0.172 e. The Hall–Kier alpha value is -1.16. The molecule has 0 unspecified atom stereocenters. The van der Waals surface area contributed by atoms with Crippen LogP contribution < -0.4 is 0 Å². The fourth-order valence-electron chi connectivity index (χ4n) is 9.13. The van der Waals surface area contributed by atoms with Crippen molar-refractivity contribution in [3.63, 3.8) is 0 Å². The number of unbranched alkanes of at least 4 members (excludes halogenated alkanes) is 27. The Morgan fingerprint density at radius 3 is 1.36 bits per heavy atom. The monoisotopic (exact) mass is 1070 g/mol. The molecule has 0 bridgehead atoms. The molecule has 354 valence electrons. The molecule has 64 heavy (non-hydrogen) atoms. The van der Waals surface area contributed by atoms with Gasteiger partial charge in [0, 0.05) is 30.6 Å². The van der Waals surface area contributed by atoms with Crippen LogP contribution >= 0.6 is 77.6 Å². The lowest BCUT2D eigenvalue weighted by molar-refractivity contribution is 0.556. The third kappa shape index (κ3) is 19.1. The average molecular weight is 1070 g/mol. The van der Waals surface area contributed by atoms with E-state index in [1.165, 1.54) is 266 Å². The van der Waals surface area contributed by atoms with Gasteiger partial charge in [-0.3, -0.25) is 0 Å². The van der Waals surface area contributed by atoms with E-state index in [1.54, 1.807) is 0 Å². The minimum absolute atomic E-state index is 1.03. The molecule has 8 heteroatoms. The van der Waals surface area contributed by atoms with E-state index >= 15 is 0 Å². The Morgan fingerprint density at radius 2 is 0.859 bits per heavy atom. The van der Waals surface area contributed by atoms with E-state index in [4.69, 9.17) is 8.75 Å². The summed E-state index contributed by atoms with van der Waals surface area (Å²) in [4.78, 5) is 5.42. The van der Waals surface area contributed by atoms with Crippen molar-refractivity contribution in [1.29, 1.82) is 0 Å². The maximum absolute atomic E-state index is 5.06. The van der Waals surface area contributed by atoms with Gasteiger partial charge in [0.25, 0.3) is 0 Å². The van der Waals surface area contributed by atoms with Gasteiger partial charge < -0.3 is 0 Å². The summed E-state index contributed by atoms with van der Waals surface area (Å²) in [5.74, 6) is 0. The van der Waals surface area contributed by atoms with Gasteiger partial charge in [0.1, 0.15) is 11.0 Å². The largest absolute Gasteiger partial charge is 0.172 e. The first-order chi connectivity index (χ1) is 31.5. The molecule has 0 saturated carbocycles. The van der Waals surface area contributed by atoms with Crippen LogP contribution in [0.4, 0.5) is 0 Å². The highest BCUT2D eigenvalue weighted by Crippen LogP contribution is 2.46. The SMILES string of the molecule is CCCCCCCCCCCCc1ccc(/C=C/c2cc(-c3cc(CCCCCCCCCCCC)c(Br)s3)c3nsnc3c2-c2cc(CCCCCCCCCCCC)c(Br)s2)s1. The van der Waals surface area contributed by atoms with Crippen LogP contribution in [0.1, 0.15) is 240 Å². The van der Waals surface area contributed by atoms with Crippen LogP contribution in [0.3, 0.4) is 0 Å². The van der Waals surface area contributed by atoms with Crippen molar-refractivity contribution in [3.05, 3.63) is 64.3 Å². The van der Waals surface area contributed by atoms with Crippen LogP contribution in [0, 0.1) is 0 Å². The van der Waals surface area contributed by atoms with Crippen LogP contribution in [-0.4, -0.2) is 8.75 Å². The minimum atomic E-state index is 1.03. The quantitative estimate of drug-likeness (QED) is 0.0371. The van der Waals surface area contributed by atoms with Gasteiger partial charge in [-0.05, 0) is 123 Å². The highest BCUT2D eigenvalue weighted by atomic mass is 79.9. The maximum atomic E-state index is 5.06. The first-order valence-electron chi connectivity index (χ1n) is 26.2. The molecule has 0 aliphatic carbocycles. The molecule has 4 heterocycles. The van der Waals surface area contributed by atoms with Gasteiger partial charge in [-0.2, -0.15) is 8.75 Å². The summed E-state index contributed by atoms with van der Waals surface area (Å²) >= 11 is 15.1. The number of thiophene rings is 3. The van der Waals surface area contributed by atoms with E-state index in [9.17, 15) is 0 Å². The van der Waals surface area contributed by atoms with Crippen molar-refractivity contribution in [1.82, 2.24) is 8.75 Å². The zero-order chi connectivity index (χ0) is 45.0. The topological polar surface area (TPSA) is 25.8 Å². The maximum Gasteiger partial charge on any atom is 0.114 e. The van der Waals surface area contributed by atoms with Crippen LogP contribution in [0.5, 0.6) is 0 Å². The lowest BCUT2D eigenvalue weighted by atomic mass is 9.97. The summed E-state index contributed by atoms with van der Waals surface area (Å²) in [5.41, 5.74) is 8.61. The molecule has 1 aromatic carbocycles. The Bertz CT molecular complexity index is 2020. The van der Waals surface area contributed by atoms with Gasteiger partial charge in [-0.1, -0.05) is 200 Å². The number of nitrogens with zero attached hydrogens (tertiary/aromatic N) is 2. The number of aromatic nitrogens is 2. The Morgan fingerprint density at radius 1 is 0.438 bits per heavy atom. The second-order valence-corrected chi connectivity index (χ2v) is 25.1. The molecule has 2 nitrogen and oxygen atoms in total. The molecule has 4 aromatic heterocycles. The number of hydrogen-bond donors (Lipinski definition) is 0.